The highest BCUT2D eigenvalue weighted by atomic mass is 32.2. The summed E-state index contributed by atoms with van der Waals surface area (Å²) in [6.45, 7) is 5.53. The molecule has 26 heavy (non-hydrogen) atoms. The van der Waals surface area contributed by atoms with E-state index in [1.807, 2.05) is 32.0 Å². The average Bonchev–Trinajstić information content (AvgIpc) is 3.03. The number of rotatable bonds is 9. The van der Waals surface area contributed by atoms with Gasteiger partial charge in [-0.3, -0.25) is 4.79 Å². The Bertz CT molecular complexity index is 745. The van der Waals surface area contributed by atoms with Gasteiger partial charge in [-0.15, -0.1) is 11.8 Å². The number of aryl methyl sites for hydroxylation is 1. The zero-order valence-corrected chi connectivity index (χ0v) is 16.1. The standard InChI is InChI=1S/C19H24N2O4S/c1-4-7-13(2)20-18(22)11-24-19(23)16-8-5-6-9-17(16)26-12-15-10-14(3)25-21-15/h5-6,8-10,13H,4,7,11-12H2,1-3H3,(H,20,22)/t13-/m1/s1. The Balaban J connectivity index is 1.91. The van der Waals surface area contributed by atoms with E-state index in [4.69, 9.17) is 9.26 Å². The Morgan fingerprint density at radius 1 is 1.35 bits per heavy atom. The molecule has 1 atom stereocenters. The summed E-state index contributed by atoms with van der Waals surface area (Å²) in [5.74, 6) is 0.526. The quantitative estimate of drug-likeness (QED) is 0.530. The van der Waals surface area contributed by atoms with Gasteiger partial charge in [-0.2, -0.15) is 0 Å². The first-order valence-corrected chi connectivity index (χ1v) is 9.58. The predicted molar refractivity (Wildman–Crippen MR) is 100 cm³/mol. The Labute approximate surface area is 157 Å². The molecule has 0 radical (unpaired) electrons. The molecule has 0 saturated carbocycles. The zero-order chi connectivity index (χ0) is 18.9. The lowest BCUT2D eigenvalue weighted by atomic mass is 10.2. The molecule has 1 aromatic carbocycles. The monoisotopic (exact) mass is 376 g/mol. The van der Waals surface area contributed by atoms with Crippen molar-refractivity contribution in [3.05, 3.63) is 47.3 Å². The Morgan fingerprint density at radius 2 is 2.12 bits per heavy atom. The summed E-state index contributed by atoms with van der Waals surface area (Å²) >= 11 is 1.47. The van der Waals surface area contributed by atoms with Gasteiger partial charge in [0.15, 0.2) is 6.61 Å². The number of nitrogens with zero attached hydrogens (tertiary/aromatic N) is 1. The summed E-state index contributed by atoms with van der Waals surface area (Å²) in [5.41, 5.74) is 1.24. The fraction of sp³-hybridized carbons (Fsp3) is 0.421. The lowest BCUT2D eigenvalue weighted by molar-refractivity contribution is -0.124. The Kier molecular flexibility index (Phi) is 7.72. The van der Waals surface area contributed by atoms with Gasteiger partial charge >= 0.3 is 5.97 Å². The van der Waals surface area contributed by atoms with Gasteiger partial charge in [-0.05, 0) is 32.4 Å². The van der Waals surface area contributed by atoms with E-state index in [1.165, 1.54) is 11.8 Å². The van der Waals surface area contributed by atoms with Crippen LogP contribution in [-0.4, -0.2) is 29.7 Å². The third-order valence-electron chi connectivity index (χ3n) is 3.62. The molecule has 0 unspecified atom stereocenters. The third-order valence-corrected chi connectivity index (χ3v) is 4.73. The molecule has 0 aliphatic heterocycles. The second-order valence-corrected chi connectivity index (χ2v) is 7.06. The highest BCUT2D eigenvalue weighted by molar-refractivity contribution is 7.98. The molecule has 1 amide bonds. The molecule has 2 aromatic rings. The maximum Gasteiger partial charge on any atom is 0.339 e. The van der Waals surface area contributed by atoms with Crippen LogP contribution in [0.5, 0.6) is 0 Å². The first-order valence-electron chi connectivity index (χ1n) is 8.60. The number of nitrogens with one attached hydrogen (secondary N) is 1. The van der Waals surface area contributed by atoms with Crippen molar-refractivity contribution in [3.63, 3.8) is 0 Å². The minimum atomic E-state index is -0.511. The van der Waals surface area contributed by atoms with Crippen LogP contribution in [0.25, 0.3) is 0 Å². The SMILES string of the molecule is CCC[C@@H](C)NC(=O)COC(=O)c1ccccc1SCc1cc(C)on1. The van der Waals surface area contributed by atoms with Gasteiger partial charge in [0.05, 0.1) is 11.3 Å². The topological polar surface area (TPSA) is 81.4 Å². The molecule has 0 fully saturated rings. The molecule has 1 aromatic heterocycles. The van der Waals surface area contributed by atoms with Crippen molar-refractivity contribution < 1.29 is 18.8 Å². The molecule has 1 N–H and O–H groups in total. The van der Waals surface area contributed by atoms with E-state index in [0.717, 1.165) is 29.2 Å². The van der Waals surface area contributed by atoms with E-state index in [9.17, 15) is 9.59 Å². The third kappa shape index (κ3) is 6.22. The van der Waals surface area contributed by atoms with Crippen molar-refractivity contribution in [3.8, 4) is 0 Å². The first-order chi connectivity index (χ1) is 12.5. The summed E-state index contributed by atoms with van der Waals surface area (Å²) in [6, 6.07) is 9.08. The molecule has 2 rings (SSSR count). The average molecular weight is 376 g/mol. The second kappa shape index (κ2) is 10.0. The van der Waals surface area contributed by atoms with E-state index >= 15 is 0 Å². The lowest BCUT2D eigenvalue weighted by Gasteiger charge is -2.13. The van der Waals surface area contributed by atoms with E-state index < -0.39 is 5.97 Å². The first kappa shape index (κ1) is 20.0. The minimum absolute atomic E-state index is 0.0694. The Morgan fingerprint density at radius 3 is 2.81 bits per heavy atom. The summed E-state index contributed by atoms with van der Waals surface area (Å²) in [5, 5.41) is 6.75. The van der Waals surface area contributed by atoms with Crippen molar-refractivity contribution in [2.45, 2.75) is 50.3 Å². The molecule has 7 heteroatoms. The molecule has 0 spiro atoms. The van der Waals surface area contributed by atoms with Crippen LogP contribution in [0.1, 0.15) is 48.5 Å². The van der Waals surface area contributed by atoms with Gasteiger partial charge in [0.25, 0.3) is 5.91 Å². The van der Waals surface area contributed by atoms with Crippen molar-refractivity contribution in [2.75, 3.05) is 6.61 Å². The van der Waals surface area contributed by atoms with Crippen LogP contribution in [0.15, 0.2) is 39.8 Å². The molecular formula is C19H24N2O4S. The normalized spacial score (nSPS) is 11.8. The molecular weight excluding hydrogens is 352 g/mol. The second-order valence-electron chi connectivity index (χ2n) is 6.05. The number of amides is 1. The summed E-state index contributed by atoms with van der Waals surface area (Å²) < 4.78 is 10.2. The highest BCUT2D eigenvalue weighted by Crippen LogP contribution is 2.26. The number of hydrogen-bond acceptors (Lipinski definition) is 6. The van der Waals surface area contributed by atoms with E-state index in [-0.39, 0.29) is 18.6 Å². The number of hydrogen-bond donors (Lipinski definition) is 1. The predicted octanol–water partition coefficient (Wildman–Crippen LogP) is 3.74. The van der Waals surface area contributed by atoms with Gasteiger partial charge in [0, 0.05) is 22.8 Å². The van der Waals surface area contributed by atoms with Gasteiger partial charge in [-0.25, -0.2) is 4.79 Å². The van der Waals surface area contributed by atoms with Crippen molar-refractivity contribution in [1.82, 2.24) is 10.5 Å². The lowest BCUT2D eigenvalue weighted by Crippen LogP contribution is -2.35. The molecule has 0 aliphatic carbocycles. The minimum Gasteiger partial charge on any atom is -0.452 e. The number of benzene rings is 1. The van der Waals surface area contributed by atoms with Crippen LogP contribution in [0, 0.1) is 6.92 Å². The fourth-order valence-corrected chi connectivity index (χ4v) is 3.35. The van der Waals surface area contributed by atoms with Gasteiger partial charge in [0.1, 0.15) is 5.76 Å². The Hall–Kier alpha value is -2.28. The van der Waals surface area contributed by atoms with Gasteiger partial charge in [0.2, 0.25) is 0 Å². The maximum atomic E-state index is 12.3. The van der Waals surface area contributed by atoms with E-state index in [0.29, 0.717) is 11.3 Å². The van der Waals surface area contributed by atoms with E-state index in [1.54, 1.807) is 12.1 Å². The van der Waals surface area contributed by atoms with Gasteiger partial charge in [-0.1, -0.05) is 30.6 Å². The molecule has 1 heterocycles. The van der Waals surface area contributed by atoms with Gasteiger partial charge < -0.3 is 14.6 Å². The number of ether oxygens (including phenoxy) is 1. The maximum absolute atomic E-state index is 12.3. The molecule has 0 aliphatic rings. The fourth-order valence-electron chi connectivity index (χ4n) is 2.43. The number of thioether (sulfide) groups is 1. The largest absolute Gasteiger partial charge is 0.452 e. The molecule has 6 nitrogen and oxygen atoms in total. The summed E-state index contributed by atoms with van der Waals surface area (Å²) in [7, 11) is 0. The van der Waals surface area contributed by atoms with Crippen LogP contribution in [0.4, 0.5) is 0 Å². The van der Waals surface area contributed by atoms with Crippen LogP contribution >= 0.6 is 11.8 Å². The number of carbonyl (C=O) groups excluding carboxylic acids is 2. The summed E-state index contributed by atoms with van der Waals surface area (Å²) in [4.78, 5) is 25.0. The van der Waals surface area contributed by atoms with E-state index in [2.05, 4.69) is 17.4 Å². The number of esters is 1. The van der Waals surface area contributed by atoms with Crippen LogP contribution in [0.3, 0.4) is 0 Å². The van der Waals surface area contributed by atoms with Crippen molar-refractivity contribution >= 4 is 23.6 Å². The van der Waals surface area contributed by atoms with Crippen LogP contribution in [-0.2, 0) is 15.3 Å². The highest BCUT2D eigenvalue weighted by Gasteiger charge is 2.16. The summed E-state index contributed by atoms with van der Waals surface area (Å²) in [6.07, 6.45) is 1.87. The number of aromatic nitrogens is 1. The smallest absolute Gasteiger partial charge is 0.339 e. The van der Waals surface area contributed by atoms with Crippen LogP contribution < -0.4 is 5.32 Å². The van der Waals surface area contributed by atoms with Crippen molar-refractivity contribution in [2.24, 2.45) is 0 Å². The number of carbonyl (C=O) groups is 2. The molecule has 0 bridgehead atoms. The molecule has 140 valence electrons. The zero-order valence-electron chi connectivity index (χ0n) is 15.3. The molecule has 0 saturated heterocycles. The van der Waals surface area contributed by atoms with Crippen molar-refractivity contribution in [1.29, 1.82) is 0 Å². The van der Waals surface area contributed by atoms with Crippen LogP contribution in [0.2, 0.25) is 0 Å².